The Morgan fingerprint density at radius 2 is 1.74 bits per heavy atom. The molecule has 2 bridgehead atoms. The van der Waals surface area contributed by atoms with Gasteiger partial charge in [-0.15, -0.1) is 0 Å². The molecule has 2 heterocycles. The first-order valence-electron chi connectivity index (χ1n) is 14.0. The van der Waals surface area contributed by atoms with Crippen LogP contribution < -0.4 is 10.6 Å². The molecule has 5 fully saturated rings. The molecule has 2 aliphatic heterocycles. The van der Waals surface area contributed by atoms with E-state index < -0.39 is 6.04 Å². The van der Waals surface area contributed by atoms with Crippen molar-refractivity contribution >= 4 is 17.7 Å². The molecule has 4 aliphatic carbocycles. The minimum atomic E-state index is -0.544. The van der Waals surface area contributed by atoms with Gasteiger partial charge < -0.3 is 10.2 Å². The summed E-state index contributed by atoms with van der Waals surface area (Å²) < 4.78 is 0. The van der Waals surface area contributed by atoms with Crippen LogP contribution in [0.25, 0.3) is 0 Å². The van der Waals surface area contributed by atoms with Gasteiger partial charge in [0.2, 0.25) is 11.8 Å². The second-order valence-electron chi connectivity index (χ2n) is 12.1. The van der Waals surface area contributed by atoms with Crippen LogP contribution in [0.1, 0.15) is 98.5 Å². The highest BCUT2D eigenvalue weighted by molar-refractivity contribution is 6.05. The van der Waals surface area contributed by atoms with E-state index in [-0.39, 0.29) is 17.7 Å². The number of fused-ring (bicyclic) bond motifs is 4. The predicted molar refractivity (Wildman–Crippen MR) is 134 cm³/mol. The van der Waals surface area contributed by atoms with E-state index in [0.29, 0.717) is 42.3 Å². The summed E-state index contributed by atoms with van der Waals surface area (Å²) in [5, 5.41) is 6.45. The standard InChI is InChI=1S/C29H39N3O3/c33-26-8-7-25(27(34)31-26)32-17-22-16-20(5-6-23(22)28(32)35)15-21-3-1-2-4-24(21)30-18-29-12-9-19(10-13-29)11-14-29/h5-6,16,19,21,24-25,30H,1-4,7-15,17-18H2,(H,31,33,34)/t19?,21-,24+,25?,29?/m1/s1. The molecule has 1 aromatic rings. The molecule has 35 heavy (non-hydrogen) atoms. The third kappa shape index (κ3) is 4.54. The molecule has 7 rings (SSSR count). The van der Waals surface area contributed by atoms with Gasteiger partial charge in [0.05, 0.1) is 0 Å². The van der Waals surface area contributed by atoms with Crippen LogP contribution in [0, 0.1) is 17.3 Å². The van der Waals surface area contributed by atoms with Crippen LogP contribution >= 0.6 is 0 Å². The summed E-state index contributed by atoms with van der Waals surface area (Å²) in [5.41, 5.74) is 3.60. The molecular weight excluding hydrogens is 438 g/mol. The topological polar surface area (TPSA) is 78.5 Å². The Morgan fingerprint density at radius 1 is 0.971 bits per heavy atom. The average Bonchev–Trinajstić information content (AvgIpc) is 3.20. The predicted octanol–water partition coefficient (Wildman–Crippen LogP) is 4.11. The minimum Gasteiger partial charge on any atom is -0.322 e. The Bertz CT molecular complexity index is 999. The van der Waals surface area contributed by atoms with Crippen LogP contribution in [0.5, 0.6) is 0 Å². The first-order chi connectivity index (χ1) is 17.0. The quantitative estimate of drug-likeness (QED) is 0.605. The molecule has 1 saturated heterocycles. The van der Waals surface area contributed by atoms with Crippen LogP contribution in [0.15, 0.2) is 18.2 Å². The second-order valence-corrected chi connectivity index (χ2v) is 12.1. The highest BCUT2D eigenvalue weighted by atomic mass is 16.2. The highest BCUT2D eigenvalue weighted by Crippen LogP contribution is 2.50. The molecule has 3 atom stereocenters. The lowest BCUT2D eigenvalue weighted by atomic mass is 9.60. The summed E-state index contributed by atoms with van der Waals surface area (Å²) in [5.74, 6) is 0.979. The molecule has 1 aromatic carbocycles. The maximum absolute atomic E-state index is 13.0. The number of benzene rings is 1. The fourth-order valence-electron chi connectivity index (χ4n) is 7.73. The van der Waals surface area contributed by atoms with Crippen molar-refractivity contribution in [2.75, 3.05) is 6.54 Å². The molecule has 1 unspecified atom stereocenters. The van der Waals surface area contributed by atoms with E-state index in [0.717, 1.165) is 17.9 Å². The van der Waals surface area contributed by atoms with E-state index in [1.165, 1.54) is 76.3 Å². The third-order valence-corrected chi connectivity index (χ3v) is 9.98. The maximum Gasteiger partial charge on any atom is 0.255 e. The number of imide groups is 1. The van der Waals surface area contributed by atoms with E-state index in [4.69, 9.17) is 0 Å². The zero-order chi connectivity index (χ0) is 24.0. The van der Waals surface area contributed by atoms with Crippen LogP contribution in [-0.2, 0) is 22.6 Å². The van der Waals surface area contributed by atoms with Crippen molar-refractivity contribution in [2.24, 2.45) is 17.3 Å². The molecule has 0 aromatic heterocycles. The maximum atomic E-state index is 13.0. The highest BCUT2D eigenvalue weighted by Gasteiger charge is 2.41. The summed E-state index contributed by atoms with van der Waals surface area (Å²) in [7, 11) is 0. The molecule has 6 heteroatoms. The average molecular weight is 478 g/mol. The lowest BCUT2D eigenvalue weighted by Crippen LogP contribution is -2.52. The number of nitrogens with one attached hydrogen (secondary N) is 2. The van der Waals surface area contributed by atoms with Gasteiger partial charge in [0.15, 0.2) is 0 Å². The largest absolute Gasteiger partial charge is 0.322 e. The lowest BCUT2D eigenvalue weighted by molar-refractivity contribution is -0.136. The number of amides is 3. The first-order valence-corrected chi connectivity index (χ1v) is 14.0. The smallest absolute Gasteiger partial charge is 0.255 e. The number of carbonyl (C=O) groups is 3. The van der Waals surface area contributed by atoms with Crippen LogP contribution in [0.3, 0.4) is 0 Å². The SMILES string of the molecule is O=C1CCC(N2Cc3cc(C[C@H]4CCCC[C@@H]4NCC45CCC(CC4)CC5)ccc3C2=O)C(=O)N1. The monoisotopic (exact) mass is 477 g/mol. The molecular formula is C29H39N3O3. The Hall–Kier alpha value is -2.21. The van der Waals surface area contributed by atoms with Gasteiger partial charge in [-0.25, -0.2) is 0 Å². The van der Waals surface area contributed by atoms with E-state index in [2.05, 4.69) is 22.8 Å². The van der Waals surface area contributed by atoms with Crippen LogP contribution in [-0.4, -0.2) is 41.2 Å². The molecule has 0 spiro atoms. The van der Waals surface area contributed by atoms with E-state index >= 15 is 0 Å². The van der Waals surface area contributed by atoms with E-state index in [1.54, 1.807) is 4.90 Å². The summed E-state index contributed by atoms with van der Waals surface area (Å²) in [4.78, 5) is 38.5. The number of hydrogen-bond donors (Lipinski definition) is 2. The zero-order valence-electron chi connectivity index (χ0n) is 20.8. The minimum absolute atomic E-state index is 0.0836. The normalized spacial score (nSPS) is 34.7. The van der Waals surface area contributed by atoms with Gasteiger partial charge in [-0.2, -0.15) is 0 Å². The lowest BCUT2D eigenvalue weighted by Gasteiger charge is -2.48. The number of piperidine rings is 1. The van der Waals surface area contributed by atoms with Gasteiger partial charge in [0.1, 0.15) is 6.04 Å². The van der Waals surface area contributed by atoms with Crippen molar-refractivity contribution < 1.29 is 14.4 Å². The Balaban J connectivity index is 1.11. The van der Waals surface area contributed by atoms with Crippen molar-refractivity contribution in [3.8, 4) is 0 Å². The molecule has 6 aliphatic rings. The fourth-order valence-corrected chi connectivity index (χ4v) is 7.73. The molecule has 6 nitrogen and oxygen atoms in total. The van der Waals surface area contributed by atoms with Gasteiger partial charge in [0.25, 0.3) is 5.91 Å². The zero-order valence-corrected chi connectivity index (χ0v) is 20.8. The van der Waals surface area contributed by atoms with Crippen molar-refractivity contribution in [1.29, 1.82) is 0 Å². The van der Waals surface area contributed by atoms with Gasteiger partial charge >= 0.3 is 0 Å². The Kier molecular flexibility index (Phi) is 6.20. The van der Waals surface area contributed by atoms with Gasteiger partial charge in [0, 0.05) is 31.1 Å². The fraction of sp³-hybridized carbons (Fsp3) is 0.690. The number of rotatable bonds is 6. The molecule has 2 N–H and O–H groups in total. The van der Waals surface area contributed by atoms with E-state index in [1.807, 2.05) is 6.07 Å². The van der Waals surface area contributed by atoms with Crippen molar-refractivity contribution in [1.82, 2.24) is 15.5 Å². The summed E-state index contributed by atoms with van der Waals surface area (Å²) in [6.07, 6.45) is 15.5. The van der Waals surface area contributed by atoms with Crippen molar-refractivity contribution in [3.63, 3.8) is 0 Å². The second kappa shape index (κ2) is 9.34. The summed E-state index contributed by atoms with van der Waals surface area (Å²) >= 11 is 0. The third-order valence-electron chi connectivity index (χ3n) is 9.98. The number of hydrogen-bond acceptors (Lipinski definition) is 4. The first kappa shape index (κ1) is 23.2. The number of carbonyl (C=O) groups excluding carboxylic acids is 3. The Morgan fingerprint density at radius 3 is 2.51 bits per heavy atom. The molecule has 4 saturated carbocycles. The number of nitrogens with zero attached hydrogens (tertiary/aromatic N) is 1. The van der Waals surface area contributed by atoms with E-state index in [9.17, 15) is 14.4 Å². The molecule has 0 radical (unpaired) electrons. The van der Waals surface area contributed by atoms with Crippen molar-refractivity contribution in [3.05, 3.63) is 34.9 Å². The van der Waals surface area contributed by atoms with Gasteiger partial charge in [-0.1, -0.05) is 25.0 Å². The molecule has 188 valence electrons. The van der Waals surface area contributed by atoms with Gasteiger partial charge in [-0.3, -0.25) is 19.7 Å². The van der Waals surface area contributed by atoms with Crippen molar-refractivity contribution in [2.45, 2.75) is 102 Å². The molecule has 3 amide bonds. The van der Waals surface area contributed by atoms with Crippen LogP contribution in [0.2, 0.25) is 0 Å². The van der Waals surface area contributed by atoms with Gasteiger partial charge in [-0.05, 0) is 98.7 Å². The summed E-state index contributed by atoms with van der Waals surface area (Å²) in [6, 6.07) is 6.33. The van der Waals surface area contributed by atoms with Crippen LogP contribution in [0.4, 0.5) is 0 Å². The summed E-state index contributed by atoms with van der Waals surface area (Å²) in [6.45, 7) is 1.66. The Labute approximate surface area is 208 Å².